The molecule has 2 nitrogen and oxygen atoms in total. The van der Waals surface area contributed by atoms with E-state index in [1.54, 1.807) is 0 Å². The molecule has 0 heterocycles. The van der Waals surface area contributed by atoms with Gasteiger partial charge in [0.25, 0.3) is 0 Å². The normalized spacial score (nSPS) is 15.9. The SMILES string of the molecule is CC1(C)c2ccccc2-c2ccc(N(c3ccccc3)c3ccc4c(c3)C(C)(C)c3ccc5c6c(ccc5c3-4)C(C)(C)c3cc(N(c4ccccc4)c4ccc5c(c4)C(C)(C)c4ccccc4-5)ccc3-6)cc21. The minimum Gasteiger partial charge on any atom is -0.310 e. The molecule has 0 radical (unpaired) electrons. The van der Waals surface area contributed by atoms with Crippen LogP contribution >= 0.6 is 0 Å². The fraction of sp³-hybridized carbons (Fsp3) is 0.171. The van der Waals surface area contributed by atoms with Gasteiger partial charge in [-0.25, -0.2) is 0 Å². The first-order chi connectivity index (χ1) is 34.7. The minimum atomic E-state index is -0.208. The summed E-state index contributed by atoms with van der Waals surface area (Å²) in [4.78, 5) is 4.92. The molecule has 0 spiro atoms. The summed E-state index contributed by atoms with van der Waals surface area (Å²) in [5.74, 6) is 0. The van der Waals surface area contributed by atoms with Crippen LogP contribution in [0.2, 0.25) is 0 Å². The van der Waals surface area contributed by atoms with Crippen molar-refractivity contribution in [3.05, 3.63) is 251 Å². The number of para-hydroxylation sites is 2. The van der Waals surface area contributed by atoms with Crippen molar-refractivity contribution in [1.82, 2.24) is 0 Å². The van der Waals surface area contributed by atoms with Crippen molar-refractivity contribution in [3.8, 4) is 44.5 Å². The Morgan fingerprint density at radius 1 is 0.222 bits per heavy atom. The Bertz CT molecular complexity index is 3670. The third kappa shape index (κ3) is 5.78. The lowest BCUT2D eigenvalue weighted by molar-refractivity contribution is 0.659. The van der Waals surface area contributed by atoms with E-state index in [0.717, 1.165) is 11.4 Å². The Kier molecular flexibility index (Phi) is 8.82. The summed E-state index contributed by atoms with van der Waals surface area (Å²) in [7, 11) is 0. The molecular formula is C70H58N2. The average Bonchev–Trinajstić information content (AvgIpc) is 3.97. The van der Waals surface area contributed by atoms with Gasteiger partial charge in [0, 0.05) is 55.8 Å². The van der Waals surface area contributed by atoms with Crippen LogP contribution < -0.4 is 9.80 Å². The van der Waals surface area contributed by atoms with E-state index in [9.17, 15) is 0 Å². The van der Waals surface area contributed by atoms with Gasteiger partial charge < -0.3 is 9.80 Å². The second-order valence-electron chi connectivity index (χ2n) is 22.9. The quantitative estimate of drug-likeness (QED) is 0.164. The topological polar surface area (TPSA) is 6.48 Å². The minimum absolute atomic E-state index is 0.0955. The summed E-state index contributed by atoms with van der Waals surface area (Å²) >= 11 is 0. The monoisotopic (exact) mass is 926 g/mol. The third-order valence-electron chi connectivity index (χ3n) is 17.6. The maximum atomic E-state index is 2.48. The molecule has 0 aliphatic heterocycles. The standard InChI is InChI=1S/C70H58N2/c1-67(2)57-25-17-15-23-49(57)51-31-27-45(39-61(51)67)71(43-19-11-9-12-20-43)47-29-33-55-63(41-47)69(5,6)59-37-35-54-53(65(55)59)36-38-60-66(54)56-34-30-48(42-64(56)70(60,7)8)72(44-21-13-10-14-22-44)46-28-32-52-50-24-16-18-26-58(50)68(3,4)62(52)40-46/h9-42H,1-8H3. The number of anilines is 6. The van der Waals surface area contributed by atoms with Gasteiger partial charge in [-0.1, -0.05) is 189 Å². The number of nitrogens with zero attached hydrogens (tertiary/aromatic N) is 2. The Balaban J connectivity index is 0.880. The molecule has 2 heteroatoms. The highest BCUT2D eigenvalue weighted by molar-refractivity contribution is 6.11. The maximum Gasteiger partial charge on any atom is 0.0465 e. The number of fused-ring (bicyclic) bond motifs is 15. The van der Waals surface area contributed by atoms with Crippen molar-refractivity contribution in [2.24, 2.45) is 0 Å². The largest absolute Gasteiger partial charge is 0.310 e. The molecule has 0 bridgehead atoms. The molecule has 0 saturated heterocycles. The second-order valence-corrected chi connectivity index (χ2v) is 22.9. The smallest absolute Gasteiger partial charge is 0.0465 e. The van der Waals surface area contributed by atoms with E-state index >= 15 is 0 Å². The average molecular weight is 927 g/mol. The van der Waals surface area contributed by atoms with Gasteiger partial charge in [0.1, 0.15) is 0 Å². The molecule has 4 aliphatic rings. The number of hydrogen-bond donors (Lipinski definition) is 0. The molecule has 10 aromatic carbocycles. The van der Waals surface area contributed by atoms with Crippen molar-refractivity contribution in [2.45, 2.75) is 77.0 Å². The van der Waals surface area contributed by atoms with Crippen LogP contribution in [0.25, 0.3) is 55.3 Å². The van der Waals surface area contributed by atoms with E-state index in [-0.39, 0.29) is 21.7 Å². The Morgan fingerprint density at radius 3 is 0.889 bits per heavy atom. The van der Waals surface area contributed by atoms with Crippen molar-refractivity contribution < 1.29 is 0 Å². The van der Waals surface area contributed by atoms with Crippen molar-refractivity contribution in [2.75, 3.05) is 9.80 Å². The number of rotatable bonds is 6. The number of benzene rings is 10. The van der Waals surface area contributed by atoms with Gasteiger partial charge in [-0.3, -0.25) is 0 Å². The lowest BCUT2D eigenvalue weighted by Crippen LogP contribution is -2.18. The van der Waals surface area contributed by atoms with Crippen LogP contribution in [0.5, 0.6) is 0 Å². The summed E-state index contributed by atoms with van der Waals surface area (Å²) < 4.78 is 0. The summed E-state index contributed by atoms with van der Waals surface area (Å²) in [5.41, 5.74) is 28.2. The molecule has 4 aliphatic carbocycles. The molecule has 14 rings (SSSR count). The first-order valence-electron chi connectivity index (χ1n) is 25.8. The molecule has 0 saturated carbocycles. The highest BCUT2D eigenvalue weighted by atomic mass is 15.1. The van der Waals surface area contributed by atoms with E-state index in [1.807, 2.05) is 0 Å². The lowest BCUT2D eigenvalue weighted by atomic mass is 9.80. The first kappa shape index (κ1) is 42.9. The van der Waals surface area contributed by atoms with Crippen LogP contribution in [-0.2, 0) is 21.7 Å². The van der Waals surface area contributed by atoms with E-state index in [1.165, 1.54) is 123 Å². The van der Waals surface area contributed by atoms with Gasteiger partial charge in [0.05, 0.1) is 0 Å². The second kappa shape index (κ2) is 14.8. The Morgan fingerprint density at radius 2 is 0.514 bits per heavy atom. The van der Waals surface area contributed by atoms with Crippen LogP contribution in [0.4, 0.5) is 34.1 Å². The van der Waals surface area contributed by atoms with Gasteiger partial charge in [-0.05, 0) is 173 Å². The van der Waals surface area contributed by atoms with Crippen molar-refractivity contribution in [1.29, 1.82) is 0 Å². The highest BCUT2D eigenvalue weighted by Crippen LogP contribution is 2.59. The molecule has 72 heavy (non-hydrogen) atoms. The zero-order valence-electron chi connectivity index (χ0n) is 42.5. The summed E-state index contributed by atoms with van der Waals surface area (Å²) in [6, 6.07) is 78.1. The summed E-state index contributed by atoms with van der Waals surface area (Å²) in [6.45, 7) is 19.2. The van der Waals surface area contributed by atoms with E-state index in [4.69, 9.17) is 0 Å². The van der Waals surface area contributed by atoms with E-state index in [2.05, 4.69) is 271 Å². The molecule has 0 amide bonds. The number of hydrogen-bond acceptors (Lipinski definition) is 2. The van der Waals surface area contributed by atoms with Crippen LogP contribution in [0.1, 0.15) is 99.9 Å². The zero-order chi connectivity index (χ0) is 49.1. The molecule has 0 aromatic heterocycles. The van der Waals surface area contributed by atoms with Crippen LogP contribution in [0, 0.1) is 0 Å². The van der Waals surface area contributed by atoms with Gasteiger partial charge in [0.2, 0.25) is 0 Å². The molecule has 0 atom stereocenters. The lowest BCUT2D eigenvalue weighted by Gasteiger charge is -2.29. The fourth-order valence-electron chi connectivity index (χ4n) is 13.8. The third-order valence-corrected chi connectivity index (χ3v) is 17.6. The van der Waals surface area contributed by atoms with Crippen molar-refractivity contribution >= 4 is 44.9 Å². The molecule has 10 aromatic rings. The molecule has 0 unspecified atom stereocenters. The molecule has 348 valence electrons. The van der Waals surface area contributed by atoms with Gasteiger partial charge in [0.15, 0.2) is 0 Å². The maximum absolute atomic E-state index is 2.48. The van der Waals surface area contributed by atoms with Gasteiger partial charge >= 0.3 is 0 Å². The first-order valence-corrected chi connectivity index (χ1v) is 25.8. The van der Waals surface area contributed by atoms with Gasteiger partial charge in [-0.2, -0.15) is 0 Å². The van der Waals surface area contributed by atoms with Crippen LogP contribution in [-0.4, -0.2) is 0 Å². The van der Waals surface area contributed by atoms with Crippen LogP contribution in [0.15, 0.2) is 206 Å². The van der Waals surface area contributed by atoms with E-state index in [0.29, 0.717) is 0 Å². The fourth-order valence-corrected chi connectivity index (χ4v) is 13.8. The Labute approximate surface area is 424 Å². The molecular weight excluding hydrogens is 869 g/mol. The molecule has 0 N–H and O–H groups in total. The van der Waals surface area contributed by atoms with Crippen molar-refractivity contribution in [3.63, 3.8) is 0 Å². The van der Waals surface area contributed by atoms with Gasteiger partial charge in [-0.15, -0.1) is 0 Å². The Hall–Kier alpha value is -7.94. The highest BCUT2D eigenvalue weighted by Gasteiger charge is 2.42. The van der Waals surface area contributed by atoms with E-state index < -0.39 is 0 Å². The molecule has 0 fully saturated rings. The zero-order valence-corrected chi connectivity index (χ0v) is 42.5. The summed E-state index contributed by atoms with van der Waals surface area (Å²) in [6.07, 6.45) is 0. The predicted octanol–water partition coefficient (Wildman–Crippen LogP) is 19.0. The predicted molar refractivity (Wildman–Crippen MR) is 304 cm³/mol. The van der Waals surface area contributed by atoms with Crippen LogP contribution in [0.3, 0.4) is 0 Å². The summed E-state index contributed by atoms with van der Waals surface area (Å²) in [5, 5.41) is 2.65.